The number of ether oxygens (including phenoxy) is 1. The molecule has 0 aliphatic rings. The molecule has 2 aromatic carbocycles. The fraction of sp³-hybridized carbons (Fsp3) is 0.300. The number of benzene rings is 2. The van der Waals surface area contributed by atoms with Crippen LogP contribution < -0.4 is 9.64 Å². The fourth-order valence-electron chi connectivity index (χ4n) is 2.92. The summed E-state index contributed by atoms with van der Waals surface area (Å²) >= 11 is 5.62. The van der Waals surface area contributed by atoms with Gasteiger partial charge in [0.15, 0.2) is 0 Å². The largest absolute Gasteiger partial charge is 0.495 e. The molecule has 0 fully saturated rings. The fourth-order valence-corrected chi connectivity index (χ4v) is 3.17. The summed E-state index contributed by atoms with van der Waals surface area (Å²) in [4.78, 5) is 4.28. The monoisotopic (exact) mass is 383 g/mol. The van der Waals surface area contributed by atoms with Crippen molar-refractivity contribution < 1.29 is 4.74 Å². The van der Waals surface area contributed by atoms with Crippen molar-refractivity contribution >= 4 is 17.9 Å². The van der Waals surface area contributed by atoms with Gasteiger partial charge in [-0.3, -0.25) is 9.47 Å². The van der Waals surface area contributed by atoms with Crippen LogP contribution >= 0.6 is 12.2 Å². The highest BCUT2D eigenvalue weighted by atomic mass is 32.1. The highest BCUT2D eigenvalue weighted by Crippen LogP contribution is 2.22. The number of nitrogens with zero attached hydrogens (tertiary/aromatic N) is 5. The molecule has 1 aromatic heterocycles. The summed E-state index contributed by atoms with van der Waals surface area (Å²) in [6.07, 6.45) is 1.74. The maximum atomic E-state index is 5.62. The zero-order chi connectivity index (χ0) is 19.4. The first-order valence-electron chi connectivity index (χ1n) is 8.72. The van der Waals surface area contributed by atoms with Gasteiger partial charge >= 0.3 is 0 Å². The van der Waals surface area contributed by atoms with Gasteiger partial charge in [0.1, 0.15) is 12.1 Å². The molecule has 0 spiro atoms. The second-order valence-electron chi connectivity index (χ2n) is 6.67. The van der Waals surface area contributed by atoms with Crippen LogP contribution in [0.1, 0.15) is 5.56 Å². The summed E-state index contributed by atoms with van der Waals surface area (Å²) in [5.74, 6) is 0.766. The van der Waals surface area contributed by atoms with E-state index >= 15 is 0 Å². The van der Waals surface area contributed by atoms with Crippen molar-refractivity contribution in [1.29, 1.82) is 0 Å². The molecule has 0 saturated heterocycles. The first-order chi connectivity index (χ1) is 13.0. The van der Waals surface area contributed by atoms with E-state index < -0.39 is 0 Å². The van der Waals surface area contributed by atoms with Gasteiger partial charge in [-0.05, 0) is 49.1 Å². The van der Waals surface area contributed by atoms with E-state index in [1.807, 2.05) is 47.6 Å². The van der Waals surface area contributed by atoms with Gasteiger partial charge in [-0.1, -0.05) is 24.3 Å². The summed E-state index contributed by atoms with van der Waals surface area (Å²) in [6.45, 7) is 1.42. The van der Waals surface area contributed by atoms with Gasteiger partial charge in [-0.25, -0.2) is 4.68 Å². The molecule has 3 rings (SSSR count). The van der Waals surface area contributed by atoms with Crippen LogP contribution in [0.3, 0.4) is 0 Å². The molecule has 0 aliphatic carbocycles. The Labute approximate surface area is 165 Å². The van der Waals surface area contributed by atoms with Crippen LogP contribution in [0.4, 0.5) is 5.69 Å². The molecular weight excluding hydrogens is 358 g/mol. The van der Waals surface area contributed by atoms with Crippen LogP contribution in [-0.4, -0.2) is 47.5 Å². The molecule has 0 radical (unpaired) electrons. The second kappa shape index (κ2) is 8.37. The van der Waals surface area contributed by atoms with Gasteiger partial charge in [0.2, 0.25) is 4.77 Å². The number of rotatable bonds is 7. The van der Waals surface area contributed by atoms with Crippen molar-refractivity contribution in [2.45, 2.75) is 13.2 Å². The lowest BCUT2D eigenvalue weighted by Crippen LogP contribution is -2.22. The average molecular weight is 384 g/mol. The summed E-state index contributed by atoms with van der Waals surface area (Å²) in [7, 11) is 7.80. The van der Waals surface area contributed by atoms with Crippen LogP contribution in [0.25, 0.3) is 5.69 Å². The zero-order valence-corrected chi connectivity index (χ0v) is 17.0. The Morgan fingerprint density at radius 1 is 1.04 bits per heavy atom. The van der Waals surface area contributed by atoms with Gasteiger partial charge in [0.05, 0.1) is 19.5 Å². The molecule has 7 heteroatoms. The molecule has 142 valence electrons. The minimum Gasteiger partial charge on any atom is -0.495 e. The summed E-state index contributed by atoms with van der Waals surface area (Å²) in [6, 6.07) is 16.3. The topological polar surface area (TPSA) is 38.5 Å². The van der Waals surface area contributed by atoms with Crippen molar-refractivity contribution in [3.05, 3.63) is 65.2 Å². The van der Waals surface area contributed by atoms with Gasteiger partial charge < -0.3 is 9.64 Å². The van der Waals surface area contributed by atoms with Crippen LogP contribution in [-0.2, 0) is 13.2 Å². The van der Waals surface area contributed by atoms with E-state index in [0.29, 0.717) is 11.4 Å². The van der Waals surface area contributed by atoms with Gasteiger partial charge in [0.25, 0.3) is 0 Å². The molecule has 0 aliphatic heterocycles. The number of methoxy groups -OCH3 is 1. The predicted molar refractivity (Wildman–Crippen MR) is 111 cm³/mol. The predicted octanol–water partition coefficient (Wildman–Crippen LogP) is 3.57. The van der Waals surface area contributed by atoms with Crippen LogP contribution in [0.5, 0.6) is 5.75 Å². The molecule has 3 aromatic rings. The van der Waals surface area contributed by atoms with Crippen LogP contribution in [0, 0.1) is 4.77 Å². The number of anilines is 1. The van der Waals surface area contributed by atoms with E-state index in [2.05, 4.69) is 46.2 Å². The second-order valence-corrected chi connectivity index (χ2v) is 7.04. The highest BCUT2D eigenvalue weighted by molar-refractivity contribution is 7.71. The SMILES string of the molecule is COc1ccccc1-n1cnn(CN(C)Cc2ccc(N(C)C)cc2)c1=S. The Balaban J connectivity index is 1.73. The normalized spacial score (nSPS) is 11.0. The minimum absolute atomic E-state index is 0.608. The van der Waals surface area contributed by atoms with Gasteiger partial charge in [-0.2, -0.15) is 5.10 Å². The summed E-state index contributed by atoms with van der Waals surface area (Å²) in [5, 5.41) is 4.46. The van der Waals surface area contributed by atoms with Crippen molar-refractivity contribution in [1.82, 2.24) is 19.2 Å². The lowest BCUT2D eigenvalue weighted by Gasteiger charge is -2.18. The van der Waals surface area contributed by atoms with Crippen LogP contribution in [0.2, 0.25) is 0 Å². The van der Waals surface area contributed by atoms with Crippen molar-refractivity contribution in [3.63, 3.8) is 0 Å². The summed E-state index contributed by atoms with van der Waals surface area (Å²) < 4.78 is 9.75. The third-order valence-corrected chi connectivity index (χ3v) is 4.77. The summed E-state index contributed by atoms with van der Waals surface area (Å²) in [5.41, 5.74) is 3.33. The quantitative estimate of drug-likeness (QED) is 0.583. The number of para-hydroxylation sites is 2. The lowest BCUT2D eigenvalue weighted by molar-refractivity contribution is 0.244. The minimum atomic E-state index is 0.608. The number of aromatic nitrogens is 3. The Morgan fingerprint density at radius 3 is 2.41 bits per heavy atom. The van der Waals surface area contributed by atoms with Gasteiger partial charge in [-0.15, -0.1) is 0 Å². The Bertz CT molecular complexity index is 946. The lowest BCUT2D eigenvalue weighted by atomic mass is 10.2. The van der Waals surface area contributed by atoms with E-state index in [4.69, 9.17) is 17.0 Å². The Hall–Kier alpha value is -2.64. The third-order valence-electron chi connectivity index (χ3n) is 4.36. The molecule has 0 N–H and O–H groups in total. The number of hydrogen-bond donors (Lipinski definition) is 0. The maximum Gasteiger partial charge on any atom is 0.203 e. The van der Waals surface area contributed by atoms with Gasteiger partial charge in [0, 0.05) is 26.3 Å². The van der Waals surface area contributed by atoms with E-state index in [1.165, 1.54) is 11.3 Å². The van der Waals surface area contributed by atoms with E-state index in [9.17, 15) is 0 Å². The van der Waals surface area contributed by atoms with E-state index in [-0.39, 0.29) is 0 Å². The first kappa shape index (κ1) is 19.1. The molecular formula is C20H25N5OS. The molecule has 0 amide bonds. The van der Waals surface area contributed by atoms with E-state index in [1.54, 1.807) is 13.4 Å². The smallest absolute Gasteiger partial charge is 0.203 e. The van der Waals surface area contributed by atoms with Crippen molar-refractivity contribution in [3.8, 4) is 11.4 Å². The van der Waals surface area contributed by atoms with Crippen LogP contribution in [0.15, 0.2) is 54.9 Å². The molecule has 1 heterocycles. The maximum absolute atomic E-state index is 5.62. The third kappa shape index (κ3) is 4.37. The molecule has 27 heavy (non-hydrogen) atoms. The zero-order valence-electron chi connectivity index (χ0n) is 16.2. The first-order valence-corrected chi connectivity index (χ1v) is 9.13. The number of hydrogen-bond acceptors (Lipinski definition) is 5. The van der Waals surface area contributed by atoms with Crippen molar-refractivity contribution in [2.24, 2.45) is 0 Å². The standard InChI is InChI=1S/C20H25N5OS/c1-22(2)17-11-9-16(10-12-17)13-23(3)15-25-20(27)24(14-21-25)18-7-5-6-8-19(18)26-4/h5-12,14H,13,15H2,1-4H3. The molecule has 0 atom stereocenters. The average Bonchev–Trinajstić information content (AvgIpc) is 3.02. The van der Waals surface area contributed by atoms with Crippen molar-refractivity contribution in [2.75, 3.05) is 33.2 Å². The Morgan fingerprint density at radius 2 is 1.74 bits per heavy atom. The Kier molecular flexibility index (Phi) is 5.93. The van der Waals surface area contributed by atoms with E-state index in [0.717, 1.165) is 18.0 Å². The molecule has 0 unspecified atom stereocenters. The molecule has 6 nitrogen and oxygen atoms in total. The molecule has 0 saturated carbocycles. The molecule has 0 bridgehead atoms. The highest BCUT2D eigenvalue weighted by Gasteiger charge is 2.10.